The lowest BCUT2D eigenvalue weighted by atomic mass is 10.3. The molecular formula is C19H32IN7OS. The van der Waals surface area contributed by atoms with E-state index in [0.717, 1.165) is 76.4 Å². The molecule has 0 aliphatic carbocycles. The smallest absolute Gasteiger partial charge is 0.191 e. The van der Waals surface area contributed by atoms with E-state index >= 15 is 0 Å². The fourth-order valence-corrected chi connectivity index (χ4v) is 3.71. The summed E-state index contributed by atoms with van der Waals surface area (Å²) in [5.74, 6) is 2.60. The van der Waals surface area contributed by atoms with Crippen LogP contribution in [0.2, 0.25) is 0 Å². The Morgan fingerprint density at radius 3 is 2.72 bits per heavy atom. The third-order valence-corrected chi connectivity index (χ3v) is 5.79. The second-order valence-electron chi connectivity index (χ2n) is 6.88. The van der Waals surface area contributed by atoms with Gasteiger partial charge in [-0.1, -0.05) is 6.07 Å². The number of thiophene rings is 1. The van der Waals surface area contributed by atoms with Gasteiger partial charge >= 0.3 is 0 Å². The Kier molecular flexibility index (Phi) is 10.9. The minimum atomic E-state index is 0. The number of nitrogens with zero attached hydrogens (tertiary/aromatic N) is 5. The van der Waals surface area contributed by atoms with Gasteiger partial charge < -0.3 is 19.9 Å². The van der Waals surface area contributed by atoms with Crippen LogP contribution in [0.4, 0.5) is 0 Å². The van der Waals surface area contributed by atoms with Gasteiger partial charge in [0.05, 0.1) is 13.2 Å². The number of rotatable bonds is 9. The van der Waals surface area contributed by atoms with E-state index in [-0.39, 0.29) is 24.0 Å². The molecule has 0 amide bonds. The van der Waals surface area contributed by atoms with Crippen molar-refractivity contribution in [2.75, 3.05) is 45.9 Å². The summed E-state index contributed by atoms with van der Waals surface area (Å²) in [6, 6.07) is 4.26. The van der Waals surface area contributed by atoms with E-state index in [1.165, 1.54) is 4.88 Å². The zero-order valence-corrected chi connectivity index (χ0v) is 20.4. The van der Waals surface area contributed by atoms with E-state index in [2.05, 4.69) is 43.2 Å². The first-order valence-electron chi connectivity index (χ1n) is 9.92. The highest BCUT2D eigenvalue weighted by Gasteiger charge is 2.10. The molecule has 0 saturated carbocycles. The molecule has 2 aromatic heterocycles. The van der Waals surface area contributed by atoms with Crippen LogP contribution in [0.3, 0.4) is 0 Å². The van der Waals surface area contributed by atoms with Crippen LogP contribution in [0.15, 0.2) is 22.5 Å². The van der Waals surface area contributed by atoms with Crippen molar-refractivity contribution in [2.45, 2.75) is 26.3 Å². The summed E-state index contributed by atoms with van der Waals surface area (Å²) in [6.45, 7) is 9.05. The Bertz CT molecular complexity index is 729. The highest BCUT2D eigenvalue weighted by atomic mass is 127. The van der Waals surface area contributed by atoms with Crippen LogP contribution in [-0.2, 0) is 24.8 Å². The van der Waals surface area contributed by atoms with Crippen LogP contribution in [-0.4, -0.2) is 71.6 Å². The third kappa shape index (κ3) is 8.19. The Morgan fingerprint density at radius 2 is 2.03 bits per heavy atom. The Morgan fingerprint density at radius 1 is 1.24 bits per heavy atom. The number of aliphatic imine (C=N–C) groups is 1. The molecule has 1 saturated heterocycles. The van der Waals surface area contributed by atoms with Crippen LogP contribution >= 0.6 is 35.3 Å². The minimum Gasteiger partial charge on any atom is -0.379 e. The van der Waals surface area contributed by atoms with Gasteiger partial charge in [-0.25, -0.2) is 4.99 Å². The number of morpholine rings is 1. The van der Waals surface area contributed by atoms with Crippen molar-refractivity contribution in [2.24, 2.45) is 12.0 Å². The number of ether oxygens (including phenoxy) is 1. The van der Waals surface area contributed by atoms with Crippen LogP contribution in [0.5, 0.6) is 0 Å². The molecular weight excluding hydrogens is 501 g/mol. The van der Waals surface area contributed by atoms with Crippen molar-refractivity contribution in [1.29, 1.82) is 0 Å². The lowest BCUT2D eigenvalue weighted by molar-refractivity contribution is 0.0376. The van der Waals surface area contributed by atoms with Gasteiger partial charge in [0, 0.05) is 38.1 Å². The van der Waals surface area contributed by atoms with E-state index in [1.54, 1.807) is 11.3 Å². The van der Waals surface area contributed by atoms with Gasteiger partial charge in [0.1, 0.15) is 12.4 Å². The van der Waals surface area contributed by atoms with Gasteiger partial charge in [0.2, 0.25) is 0 Å². The molecule has 3 rings (SSSR count). The molecule has 2 aromatic rings. The zero-order valence-electron chi connectivity index (χ0n) is 17.3. The summed E-state index contributed by atoms with van der Waals surface area (Å²) in [5, 5.41) is 17.3. The van der Waals surface area contributed by atoms with Crippen LogP contribution in [0.1, 0.15) is 22.9 Å². The van der Waals surface area contributed by atoms with Crippen molar-refractivity contribution in [3.05, 3.63) is 34.0 Å². The molecule has 162 valence electrons. The Labute approximate surface area is 194 Å². The SMILES string of the molecule is Cc1nnc(CN=C(NCCCN2CCOCC2)NCCc2cccs2)n1C.I. The molecule has 1 fully saturated rings. The van der Waals surface area contributed by atoms with Crippen LogP contribution < -0.4 is 10.6 Å². The standard InChI is InChI=1S/C19H31N7OS.HI/c1-16-23-24-18(25(16)2)15-22-19(21-8-6-17-5-3-14-28-17)20-7-4-9-26-10-12-27-13-11-26;/h3,5,14H,4,6-13,15H2,1-2H3,(H2,20,21,22);1H. The molecule has 1 aliphatic heterocycles. The Hall–Kier alpha value is -1.24. The fourth-order valence-electron chi connectivity index (χ4n) is 3.01. The first-order valence-corrected chi connectivity index (χ1v) is 10.8. The maximum Gasteiger partial charge on any atom is 0.191 e. The predicted octanol–water partition coefficient (Wildman–Crippen LogP) is 1.80. The van der Waals surface area contributed by atoms with Crippen LogP contribution in [0, 0.1) is 6.92 Å². The number of aromatic nitrogens is 3. The van der Waals surface area contributed by atoms with E-state index in [1.807, 2.05) is 18.5 Å². The topological polar surface area (TPSA) is 79.6 Å². The second-order valence-corrected chi connectivity index (χ2v) is 7.91. The fraction of sp³-hybridized carbons (Fsp3) is 0.632. The number of nitrogens with one attached hydrogen (secondary N) is 2. The molecule has 0 unspecified atom stereocenters. The van der Waals surface area contributed by atoms with Gasteiger partial charge in [-0.3, -0.25) is 4.90 Å². The maximum atomic E-state index is 5.41. The zero-order chi connectivity index (χ0) is 19.6. The average molecular weight is 533 g/mol. The van der Waals surface area contributed by atoms with Crippen LogP contribution in [0.25, 0.3) is 0 Å². The monoisotopic (exact) mass is 533 g/mol. The highest BCUT2D eigenvalue weighted by Crippen LogP contribution is 2.08. The first kappa shape index (κ1) is 24.0. The molecule has 0 radical (unpaired) electrons. The summed E-state index contributed by atoms with van der Waals surface area (Å²) in [7, 11) is 1.97. The van der Waals surface area contributed by atoms with Crippen molar-refractivity contribution in [3.63, 3.8) is 0 Å². The lowest BCUT2D eigenvalue weighted by Crippen LogP contribution is -2.41. The number of aryl methyl sites for hydroxylation is 1. The molecule has 8 nitrogen and oxygen atoms in total. The average Bonchev–Trinajstić information content (AvgIpc) is 3.34. The largest absolute Gasteiger partial charge is 0.379 e. The molecule has 29 heavy (non-hydrogen) atoms. The summed E-state index contributed by atoms with van der Waals surface area (Å²) < 4.78 is 7.38. The van der Waals surface area contributed by atoms with Crippen molar-refractivity contribution in [1.82, 2.24) is 30.3 Å². The van der Waals surface area contributed by atoms with E-state index in [0.29, 0.717) is 6.54 Å². The molecule has 0 spiro atoms. The summed E-state index contributed by atoms with van der Waals surface area (Å²) in [4.78, 5) is 8.54. The molecule has 2 N–H and O–H groups in total. The van der Waals surface area contributed by atoms with Gasteiger partial charge in [-0.15, -0.1) is 45.5 Å². The number of halogens is 1. The van der Waals surface area contributed by atoms with E-state index in [9.17, 15) is 0 Å². The lowest BCUT2D eigenvalue weighted by Gasteiger charge is -2.26. The summed E-state index contributed by atoms with van der Waals surface area (Å²) in [5.41, 5.74) is 0. The van der Waals surface area contributed by atoms with Gasteiger partial charge in [0.25, 0.3) is 0 Å². The Balaban J connectivity index is 0.00000300. The van der Waals surface area contributed by atoms with Gasteiger partial charge in [-0.2, -0.15) is 0 Å². The van der Waals surface area contributed by atoms with Gasteiger partial charge in [0.15, 0.2) is 11.8 Å². The molecule has 0 atom stereocenters. The first-order chi connectivity index (χ1) is 13.7. The van der Waals surface area contributed by atoms with Crippen molar-refractivity contribution < 1.29 is 4.74 Å². The number of hydrogen-bond acceptors (Lipinski definition) is 6. The minimum absolute atomic E-state index is 0. The van der Waals surface area contributed by atoms with Gasteiger partial charge in [-0.05, 0) is 37.8 Å². The maximum absolute atomic E-state index is 5.41. The highest BCUT2D eigenvalue weighted by molar-refractivity contribution is 14.0. The number of guanidine groups is 1. The number of hydrogen-bond donors (Lipinski definition) is 2. The molecule has 3 heterocycles. The van der Waals surface area contributed by atoms with E-state index < -0.39 is 0 Å². The molecule has 0 aromatic carbocycles. The normalized spacial score (nSPS) is 15.2. The third-order valence-electron chi connectivity index (χ3n) is 4.85. The quantitative estimate of drug-likeness (QED) is 0.222. The molecule has 0 bridgehead atoms. The summed E-state index contributed by atoms with van der Waals surface area (Å²) >= 11 is 1.79. The summed E-state index contributed by atoms with van der Waals surface area (Å²) in [6.07, 6.45) is 2.07. The van der Waals surface area contributed by atoms with Crippen molar-refractivity contribution in [3.8, 4) is 0 Å². The second kappa shape index (κ2) is 13.1. The van der Waals surface area contributed by atoms with E-state index in [4.69, 9.17) is 9.73 Å². The predicted molar refractivity (Wildman–Crippen MR) is 128 cm³/mol. The van der Waals surface area contributed by atoms with Crippen molar-refractivity contribution >= 4 is 41.3 Å². The molecule has 10 heteroatoms. The molecule has 1 aliphatic rings.